The summed E-state index contributed by atoms with van der Waals surface area (Å²) in [6, 6.07) is 7.04. The van der Waals surface area contributed by atoms with Gasteiger partial charge in [-0.25, -0.2) is 4.79 Å². The number of rotatable bonds is 4. The number of hydrogen-bond donors (Lipinski definition) is 0. The van der Waals surface area contributed by atoms with Gasteiger partial charge in [0.05, 0.1) is 13.7 Å². The highest BCUT2D eigenvalue weighted by Gasteiger charge is 2.12. The molecular weight excluding hydrogens is 192 g/mol. The summed E-state index contributed by atoms with van der Waals surface area (Å²) < 4.78 is 10.2. The third-order valence-corrected chi connectivity index (χ3v) is 1.87. The first-order valence-electron chi connectivity index (χ1n) is 4.95. The molecule has 1 aromatic carbocycles. The van der Waals surface area contributed by atoms with Crippen molar-refractivity contribution >= 4 is 5.97 Å². The average molecular weight is 208 g/mol. The molecule has 82 valence electrons. The van der Waals surface area contributed by atoms with Crippen molar-refractivity contribution in [3.63, 3.8) is 0 Å². The normalized spacial score (nSPS) is 10.1. The van der Waals surface area contributed by atoms with Crippen LogP contribution in [0.5, 0.6) is 5.75 Å². The van der Waals surface area contributed by atoms with Crippen LogP contribution in [0.25, 0.3) is 0 Å². The Morgan fingerprint density at radius 2 is 2.00 bits per heavy atom. The lowest BCUT2D eigenvalue weighted by atomic mass is 10.2. The van der Waals surface area contributed by atoms with E-state index in [2.05, 4.69) is 0 Å². The number of methoxy groups -OCH3 is 1. The van der Waals surface area contributed by atoms with E-state index in [9.17, 15) is 4.79 Å². The Hall–Kier alpha value is -1.51. The van der Waals surface area contributed by atoms with Crippen LogP contribution >= 0.6 is 0 Å². The zero-order valence-electron chi connectivity index (χ0n) is 9.32. The average Bonchev–Trinajstić information content (AvgIpc) is 2.25. The minimum Gasteiger partial charge on any atom is -0.496 e. The van der Waals surface area contributed by atoms with E-state index in [1.165, 1.54) is 7.11 Å². The van der Waals surface area contributed by atoms with Gasteiger partial charge in [0.1, 0.15) is 11.3 Å². The number of para-hydroxylation sites is 1. The van der Waals surface area contributed by atoms with E-state index in [0.29, 0.717) is 23.8 Å². The van der Waals surface area contributed by atoms with Crippen molar-refractivity contribution < 1.29 is 14.3 Å². The summed E-state index contributed by atoms with van der Waals surface area (Å²) in [6.07, 6.45) is 0. The molecule has 0 spiro atoms. The van der Waals surface area contributed by atoms with Crippen molar-refractivity contribution in [3.05, 3.63) is 29.8 Å². The summed E-state index contributed by atoms with van der Waals surface area (Å²) in [5, 5.41) is 0. The van der Waals surface area contributed by atoms with Gasteiger partial charge in [-0.15, -0.1) is 0 Å². The summed E-state index contributed by atoms with van der Waals surface area (Å²) in [4.78, 5) is 11.6. The Morgan fingerprint density at radius 1 is 1.33 bits per heavy atom. The number of hydrogen-bond acceptors (Lipinski definition) is 3. The van der Waals surface area contributed by atoms with Crippen molar-refractivity contribution in [2.24, 2.45) is 5.92 Å². The molecule has 0 saturated heterocycles. The van der Waals surface area contributed by atoms with Gasteiger partial charge in [-0.1, -0.05) is 26.0 Å². The van der Waals surface area contributed by atoms with Crippen molar-refractivity contribution in [2.75, 3.05) is 13.7 Å². The molecule has 0 atom stereocenters. The molecule has 0 aliphatic rings. The maximum absolute atomic E-state index is 11.6. The number of ether oxygens (including phenoxy) is 2. The molecule has 3 heteroatoms. The minimum atomic E-state index is -0.332. The van der Waals surface area contributed by atoms with Gasteiger partial charge < -0.3 is 9.47 Å². The molecule has 0 aliphatic carbocycles. The molecule has 0 N–H and O–H groups in total. The van der Waals surface area contributed by atoms with E-state index in [1.807, 2.05) is 19.9 Å². The number of benzene rings is 1. The van der Waals surface area contributed by atoms with Crippen molar-refractivity contribution in [3.8, 4) is 5.75 Å². The van der Waals surface area contributed by atoms with Gasteiger partial charge in [-0.05, 0) is 18.1 Å². The van der Waals surface area contributed by atoms with Crippen molar-refractivity contribution in [1.29, 1.82) is 0 Å². The van der Waals surface area contributed by atoms with Gasteiger partial charge in [0.2, 0.25) is 0 Å². The number of esters is 1. The third kappa shape index (κ3) is 3.27. The van der Waals surface area contributed by atoms with Gasteiger partial charge in [0.25, 0.3) is 0 Å². The van der Waals surface area contributed by atoms with Gasteiger partial charge >= 0.3 is 5.97 Å². The van der Waals surface area contributed by atoms with E-state index in [4.69, 9.17) is 9.47 Å². The number of carbonyl (C=O) groups excluding carboxylic acids is 1. The Labute approximate surface area is 90.0 Å². The van der Waals surface area contributed by atoms with Crippen molar-refractivity contribution in [1.82, 2.24) is 0 Å². The van der Waals surface area contributed by atoms with Crippen LogP contribution in [-0.4, -0.2) is 19.7 Å². The fraction of sp³-hybridized carbons (Fsp3) is 0.417. The smallest absolute Gasteiger partial charge is 0.341 e. The maximum Gasteiger partial charge on any atom is 0.341 e. The molecule has 0 saturated carbocycles. The van der Waals surface area contributed by atoms with E-state index in [1.54, 1.807) is 18.2 Å². The van der Waals surface area contributed by atoms with Gasteiger partial charge in [0.15, 0.2) is 0 Å². The van der Waals surface area contributed by atoms with Crippen LogP contribution < -0.4 is 4.74 Å². The molecule has 0 fully saturated rings. The predicted octanol–water partition coefficient (Wildman–Crippen LogP) is 2.51. The summed E-state index contributed by atoms with van der Waals surface area (Å²) in [6.45, 7) is 4.42. The van der Waals surface area contributed by atoms with E-state index < -0.39 is 0 Å². The quantitative estimate of drug-likeness (QED) is 0.713. The van der Waals surface area contributed by atoms with Crippen molar-refractivity contribution in [2.45, 2.75) is 13.8 Å². The number of carbonyl (C=O) groups is 1. The summed E-state index contributed by atoms with van der Waals surface area (Å²) in [5.74, 6) is 0.552. The first-order chi connectivity index (χ1) is 7.15. The zero-order valence-corrected chi connectivity index (χ0v) is 9.32. The molecular formula is C12H16O3. The van der Waals surface area contributed by atoms with Gasteiger partial charge in [-0.2, -0.15) is 0 Å². The Bertz CT molecular complexity index is 331. The molecule has 0 radical (unpaired) electrons. The molecule has 1 rings (SSSR count). The monoisotopic (exact) mass is 208 g/mol. The molecule has 0 amide bonds. The Kier molecular flexibility index (Phi) is 4.16. The molecule has 0 aliphatic heterocycles. The van der Waals surface area contributed by atoms with Crippen LogP contribution in [0.4, 0.5) is 0 Å². The lowest BCUT2D eigenvalue weighted by molar-refractivity contribution is 0.0455. The fourth-order valence-electron chi connectivity index (χ4n) is 1.13. The molecule has 0 aromatic heterocycles. The largest absolute Gasteiger partial charge is 0.496 e. The van der Waals surface area contributed by atoms with Crippen LogP contribution in [0.15, 0.2) is 24.3 Å². The second kappa shape index (κ2) is 5.39. The molecule has 0 bridgehead atoms. The standard InChI is InChI=1S/C12H16O3/c1-9(2)8-15-12(13)10-6-4-5-7-11(10)14-3/h4-7,9H,8H2,1-3H3. The first kappa shape index (κ1) is 11.6. The third-order valence-electron chi connectivity index (χ3n) is 1.87. The van der Waals surface area contributed by atoms with Gasteiger partial charge in [-0.3, -0.25) is 0 Å². The van der Waals surface area contributed by atoms with E-state index in [-0.39, 0.29) is 5.97 Å². The van der Waals surface area contributed by atoms with E-state index >= 15 is 0 Å². The second-order valence-electron chi connectivity index (χ2n) is 3.69. The van der Waals surface area contributed by atoms with E-state index in [0.717, 1.165) is 0 Å². The zero-order chi connectivity index (χ0) is 11.3. The Balaban J connectivity index is 2.72. The van der Waals surface area contributed by atoms with Crippen LogP contribution in [0.1, 0.15) is 24.2 Å². The predicted molar refractivity (Wildman–Crippen MR) is 58.1 cm³/mol. The fourth-order valence-corrected chi connectivity index (χ4v) is 1.13. The van der Waals surface area contributed by atoms with Gasteiger partial charge in [0, 0.05) is 0 Å². The molecule has 15 heavy (non-hydrogen) atoms. The highest BCUT2D eigenvalue weighted by molar-refractivity contribution is 5.92. The topological polar surface area (TPSA) is 35.5 Å². The first-order valence-corrected chi connectivity index (χ1v) is 4.95. The van der Waals surface area contributed by atoms with Crippen LogP contribution in [0, 0.1) is 5.92 Å². The minimum absolute atomic E-state index is 0.332. The SMILES string of the molecule is COc1ccccc1C(=O)OCC(C)C. The molecule has 1 aromatic rings. The lowest BCUT2D eigenvalue weighted by Gasteiger charge is -2.09. The summed E-state index contributed by atoms with van der Waals surface area (Å²) in [5.41, 5.74) is 0.473. The van der Waals surface area contributed by atoms with Crippen LogP contribution in [-0.2, 0) is 4.74 Å². The highest BCUT2D eigenvalue weighted by Crippen LogP contribution is 2.18. The summed E-state index contributed by atoms with van der Waals surface area (Å²) in [7, 11) is 1.54. The van der Waals surface area contributed by atoms with Crippen LogP contribution in [0.3, 0.4) is 0 Å². The highest BCUT2D eigenvalue weighted by atomic mass is 16.5. The lowest BCUT2D eigenvalue weighted by Crippen LogP contribution is -2.11. The summed E-state index contributed by atoms with van der Waals surface area (Å²) >= 11 is 0. The Morgan fingerprint density at radius 3 is 2.60 bits per heavy atom. The second-order valence-corrected chi connectivity index (χ2v) is 3.69. The molecule has 0 unspecified atom stereocenters. The molecule has 0 heterocycles. The maximum atomic E-state index is 11.6. The molecule has 3 nitrogen and oxygen atoms in total. The van der Waals surface area contributed by atoms with Crippen LogP contribution in [0.2, 0.25) is 0 Å².